The molecule has 0 spiro atoms. The topological polar surface area (TPSA) is 76.2 Å². The van der Waals surface area contributed by atoms with E-state index in [-0.39, 0.29) is 23.9 Å². The van der Waals surface area contributed by atoms with Crippen LogP contribution in [0, 0.1) is 6.92 Å². The fraction of sp³-hybridized carbons (Fsp3) is 0.316. The van der Waals surface area contributed by atoms with Crippen LogP contribution in [0.4, 0.5) is 0 Å². The largest absolute Gasteiger partial charge is 0.462 e. The molecule has 5 heteroatoms. The predicted octanol–water partition coefficient (Wildman–Crippen LogP) is 2.77. The van der Waals surface area contributed by atoms with E-state index in [1.807, 2.05) is 25.1 Å². The minimum absolute atomic E-state index is 0.0361. The number of aromatic amines is 1. The van der Waals surface area contributed by atoms with Gasteiger partial charge in [0.2, 0.25) is 0 Å². The zero-order valence-electron chi connectivity index (χ0n) is 13.7. The second kappa shape index (κ2) is 6.43. The summed E-state index contributed by atoms with van der Waals surface area (Å²) in [5.74, 6) is -0.728. The Bertz CT molecular complexity index is 866. The molecule has 0 saturated heterocycles. The number of carbonyl (C=O) groups is 2. The Morgan fingerprint density at radius 2 is 2.04 bits per heavy atom. The van der Waals surface area contributed by atoms with E-state index in [4.69, 9.17) is 4.74 Å². The van der Waals surface area contributed by atoms with E-state index < -0.39 is 11.5 Å². The van der Waals surface area contributed by atoms with Crippen LogP contribution in [0.5, 0.6) is 0 Å². The molecule has 0 fully saturated rings. The van der Waals surface area contributed by atoms with Crippen molar-refractivity contribution in [3.05, 3.63) is 68.6 Å². The van der Waals surface area contributed by atoms with E-state index in [2.05, 4.69) is 11.1 Å². The maximum atomic E-state index is 12.5. The molecule has 0 amide bonds. The Balaban J connectivity index is 1.97. The van der Waals surface area contributed by atoms with Crippen molar-refractivity contribution in [2.75, 3.05) is 6.61 Å². The minimum atomic E-state index is -0.699. The molecule has 3 rings (SSSR count). The molecule has 2 aromatic rings. The van der Waals surface area contributed by atoms with Gasteiger partial charge in [-0.1, -0.05) is 29.8 Å². The van der Waals surface area contributed by atoms with Crippen LogP contribution in [0.2, 0.25) is 0 Å². The van der Waals surface area contributed by atoms with Gasteiger partial charge in [-0.3, -0.25) is 9.59 Å². The number of ether oxygens (including phenoxy) is 1. The van der Waals surface area contributed by atoms with E-state index in [1.54, 1.807) is 6.92 Å². The summed E-state index contributed by atoms with van der Waals surface area (Å²) in [4.78, 5) is 39.2. The van der Waals surface area contributed by atoms with Crippen LogP contribution >= 0.6 is 0 Å². The third-order valence-corrected chi connectivity index (χ3v) is 4.31. The summed E-state index contributed by atoms with van der Waals surface area (Å²) >= 11 is 0. The predicted molar refractivity (Wildman–Crippen MR) is 89.6 cm³/mol. The second-order valence-electron chi connectivity index (χ2n) is 6.07. The van der Waals surface area contributed by atoms with Gasteiger partial charge in [0.05, 0.1) is 6.61 Å². The smallest absolute Gasteiger partial charge is 0.343 e. The number of nitrogens with one attached hydrogen (secondary N) is 1. The SMILES string of the molecule is CCOC(=O)c1cc2c([nH]c1=O)CC(c1cccc(C)c1)CC2=O. The first-order valence-corrected chi connectivity index (χ1v) is 8.02. The third-order valence-electron chi connectivity index (χ3n) is 4.31. The molecule has 24 heavy (non-hydrogen) atoms. The number of H-pyrrole nitrogens is 1. The molecule has 5 nitrogen and oxygen atoms in total. The van der Waals surface area contributed by atoms with Crippen LogP contribution in [0.1, 0.15) is 56.8 Å². The van der Waals surface area contributed by atoms with Crippen LogP contribution in [-0.2, 0) is 11.2 Å². The van der Waals surface area contributed by atoms with Gasteiger partial charge >= 0.3 is 5.97 Å². The van der Waals surface area contributed by atoms with Gasteiger partial charge in [0.25, 0.3) is 5.56 Å². The van der Waals surface area contributed by atoms with Crippen molar-refractivity contribution in [3.8, 4) is 0 Å². The summed E-state index contributed by atoms with van der Waals surface area (Å²) in [7, 11) is 0. The number of aryl methyl sites for hydroxylation is 1. The summed E-state index contributed by atoms with van der Waals surface area (Å²) in [6.07, 6.45) is 0.938. The molecule has 0 saturated carbocycles. The molecule has 0 radical (unpaired) electrons. The zero-order valence-corrected chi connectivity index (χ0v) is 13.7. The number of aromatic nitrogens is 1. The van der Waals surface area contributed by atoms with E-state index in [1.165, 1.54) is 6.07 Å². The average molecular weight is 325 g/mol. The van der Waals surface area contributed by atoms with Gasteiger partial charge in [0.1, 0.15) is 5.56 Å². The number of rotatable bonds is 3. The van der Waals surface area contributed by atoms with Gasteiger partial charge < -0.3 is 9.72 Å². The van der Waals surface area contributed by atoms with Crippen LogP contribution in [-0.4, -0.2) is 23.3 Å². The lowest BCUT2D eigenvalue weighted by Gasteiger charge is -2.24. The molecule has 0 aliphatic heterocycles. The highest BCUT2D eigenvalue weighted by atomic mass is 16.5. The number of pyridine rings is 1. The van der Waals surface area contributed by atoms with Gasteiger partial charge in [-0.15, -0.1) is 0 Å². The van der Waals surface area contributed by atoms with Crippen molar-refractivity contribution in [1.29, 1.82) is 0 Å². The Kier molecular flexibility index (Phi) is 4.34. The Morgan fingerprint density at radius 3 is 2.75 bits per heavy atom. The monoisotopic (exact) mass is 325 g/mol. The maximum absolute atomic E-state index is 12.5. The number of fused-ring (bicyclic) bond motifs is 1. The van der Waals surface area contributed by atoms with Crippen LogP contribution in [0.15, 0.2) is 35.1 Å². The molecular weight excluding hydrogens is 306 g/mol. The van der Waals surface area contributed by atoms with Crippen LogP contribution < -0.4 is 5.56 Å². The molecule has 0 bridgehead atoms. The van der Waals surface area contributed by atoms with Gasteiger partial charge in [0.15, 0.2) is 5.78 Å². The number of hydrogen-bond acceptors (Lipinski definition) is 4. The number of carbonyl (C=O) groups excluding carboxylic acids is 2. The van der Waals surface area contributed by atoms with E-state index in [9.17, 15) is 14.4 Å². The number of ketones is 1. The summed E-state index contributed by atoms with van der Waals surface area (Å²) in [5.41, 5.74) is 2.61. The Morgan fingerprint density at radius 1 is 1.25 bits per heavy atom. The maximum Gasteiger partial charge on any atom is 0.343 e. The van der Waals surface area contributed by atoms with Gasteiger partial charge in [-0.05, 0) is 37.8 Å². The van der Waals surface area contributed by atoms with Crippen LogP contribution in [0.25, 0.3) is 0 Å². The Labute approximate surface area is 139 Å². The Hall–Kier alpha value is -2.69. The molecule has 1 heterocycles. The fourth-order valence-corrected chi connectivity index (χ4v) is 3.15. The van der Waals surface area contributed by atoms with E-state index >= 15 is 0 Å². The summed E-state index contributed by atoms with van der Waals surface area (Å²) in [6.45, 7) is 3.86. The molecule has 124 valence electrons. The van der Waals surface area contributed by atoms with Gasteiger partial charge in [-0.25, -0.2) is 4.79 Å². The summed E-state index contributed by atoms with van der Waals surface area (Å²) in [5, 5.41) is 0. The number of Topliss-reactive ketones (excluding diaryl/α,β-unsaturated/α-hetero) is 1. The molecule has 1 aromatic heterocycles. The lowest BCUT2D eigenvalue weighted by atomic mass is 9.81. The minimum Gasteiger partial charge on any atom is -0.462 e. The number of hydrogen-bond donors (Lipinski definition) is 1. The highest BCUT2D eigenvalue weighted by Crippen LogP contribution is 2.31. The van der Waals surface area contributed by atoms with Crippen molar-refractivity contribution in [2.24, 2.45) is 0 Å². The van der Waals surface area contributed by atoms with Crippen molar-refractivity contribution >= 4 is 11.8 Å². The fourth-order valence-electron chi connectivity index (χ4n) is 3.15. The standard InChI is InChI=1S/C19H19NO4/c1-3-24-19(23)15-10-14-16(20-18(15)22)8-13(9-17(14)21)12-6-4-5-11(2)7-12/h4-7,10,13H,3,8-9H2,1-2H3,(H,20,22). The van der Waals surface area contributed by atoms with Crippen molar-refractivity contribution in [2.45, 2.75) is 32.6 Å². The zero-order chi connectivity index (χ0) is 17.3. The van der Waals surface area contributed by atoms with Crippen molar-refractivity contribution in [3.63, 3.8) is 0 Å². The normalized spacial score (nSPS) is 16.6. The van der Waals surface area contributed by atoms with Crippen molar-refractivity contribution in [1.82, 2.24) is 4.98 Å². The molecule has 1 aliphatic carbocycles. The number of esters is 1. The molecule has 1 N–H and O–H groups in total. The average Bonchev–Trinajstić information content (AvgIpc) is 2.54. The first-order valence-electron chi connectivity index (χ1n) is 8.02. The second-order valence-corrected chi connectivity index (χ2v) is 6.07. The molecule has 1 atom stereocenters. The third kappa shape index (κ3) is 3.02. The first kappa shape index (κ1) is 16.2. The van der Waals surface area contributed by atoms with Gasteiger partial charge in [0, 0.05) is 17.7 Å². The molecule has 1 unspecified atom stereocenters. The van der Waals surface area contributed by atoms with Gasteiger partial charge in [-0.2, -0.15) is 0 Å². The molecular formula is C19H19NO4. The quantitative estimate of drug-likeness (QED) is 0.880. The molecule has 1 aromatic carbocycles. The van der Waals surface area contributed by atoms with E-state index in [0.29, 0.717) is 24.1 Å². The lowest BCUT2D eigenvalue weighted by Crippen LogP contribution is -2.28. The highest BCUT2D eigenvalue weighted by molar-refractivity contribution is 6.01. The molecule has 1 aliphatic rings. The summed E-state index contributed by atoms with van der Waals surface area (Å²) in [6, 6.07) is 9.42. The first-order chi connectivity index (χ1) is 11.5. The highest BCUT2D eigenvalue weighted by Gasteiger charge is 2.29. The van der Waals surface area contributed by atoms with E-state index in [0.717, 1.165) is 11.1 Å². The number of benzene rings is 1. The van der Waals surface area contributed by atoms with Crippen LogP contribution in [0.3, 0.4) is 0 Å². The summed E-state index contributed by atoms with van der Waals surface area (Å²) < 4.78 is 4.87. The van der Waals surface area contributed by atoms with Crippen molar-refractivity contribution < 1.29 is 14.3 Å². The lowest BCUT2D eigenvalue weighted by molar-refractivity contribution is 0.0524.